The van der Waals surface area contributed by atoms with Crippen molar-refractivity contribution in [2.45, 2.75) is 26.7 Å². The van der Waals surface area contributed by atoms with E-state index in [1.165, 1.54) is 6.07 Å². The van der Waals surface area contributed by atoms with E-state index in [0.717, 1.165) is 12.8 Å². The lowest BCUT2D eigenvalue weighted by Gasteiger charge is -2.09. The lowest BCUT2D eigenvalue weighted by atomic mass is 10.1. The SMILES string of the molecule is CC(C)CCCOc1nc(N)c([N+](=O)[O-])cc1Br. The first kappa shape index (κ1) is 14.7. The van der Waals surface area contributed by atoms with Gasteiger partial charge in [-0.15, -0.1) is 0 Å². The van der Waals surface area contributed by atoms with Gasteiger partial charge in [0.15, 0.2) is 0 Å². The molecule has 0 saturated heterocycles. The number of nitrogens with two attached hydrogens (primary N) is 1. The van der Waals surface area contributed by atoms with E-state index in [1.54, 1.807) is 0 Å². The number of nitro groups is 1. The van der Waals surface area contributed by atoms with Crippen molar-refractivity contribution >= 4 is 27.4 Å². The number of nitrogen functional groups attached to an aromatic ring is 1. The first-order chi connectivity index (χ1) is 8.41. The summed E-state index contributed by atoms with van der Waals surface area (Å²) in [4.78, 5) is 13.9. The Morgan fingerprint density at radius 3 is 2.83 bits per heavy atom. The van der Waals surface area contributed by atoms with Crippen LogP contribution in [0.4, 0.5) is 11.5 Å². The van der Waals surface area contributed by atoms with Gasteiger partial charge in [-0.05, 0) is 34.7 Å². The quantitative estimate of drug-likeness (QED) is 0.494. The van der Waals surface area contributed by atoms with Crippen LogP contribution in [0.5, 0.6) is 5.88 Å². The summed E-state index contributed by atoms with van der Waals surface area (Å²) in [5.41, 5.74) is 5.26. The second kappa shape index (κ2) is 6.53. The third-order valence-corrected chi connectivity index (χ3v) is 2.88. The molecule has 0 unspecified atom stereocenters. The minimum Gasteiger partial charge on any atom is -0.477 e. The molecule has 2 N–H and O–H groups in total. The third-order valence-electron chi connectivity index (χ3n) is 2.31. The zero-order valence-electron chi connectivity index (χ0n) is 10.4. The standard InChI is InChI=1S/C11H16BrN3O3/c1-7(2)4-3-5-18-11-8(12)6-9(15(16)17)10(13)14-11/h6-7H,3-5H2,1-2H3,(H2,13,14). The molecule has 18 heavy (non-hydrogen) atoms. The van der Waals surface area contributed by atoms with E-state index in [4.69, 9.17) is 10.5 Å². The zero-order chi connectivity index (χ0) is 13.7. The van der Waals surface area contributed by atoms with Crippen molar-refractivity contribution in [2.75, 3.05) is 12.3 Å². The zero-order valence-corrected chi connectivity index (χ0v) is 11.9. The van der Waals surface area contributed by atoms with Gasteiger partial charge in [0.05, 0.1) is 16.0 Å². The normalized spacial score (nSPS) is 10.7. The Labute approximate surface area is 114 Å². The van der Waals surface area contributed by atoms with Gasteiger partial charge in [0.1, 0.15) is 0 Å². The highest BCUT2D eigenvalue weighted by atomic mass is 79.9. The van der Waals surface area contributed by atoms with Crippen LogP contribution in [0.15, 0.2) is 10.5 Å². The Hall–Kier alpha value is -1.37. The number of nitrogens with zero attached hydrogens (tertiary/aromatic N) is 2. The summed E-state index contributed by atoms with van der Waals surface area (Å²) in [5.74, 6) is 0.774. The molecule has 1 heterocycles. The Kier molecular flexibility index (Phi) is 5.33. The van der Waals surface area contributed by atoms with Crippen molar-refractivity contribution in [3.8, 4) is 5.88 Å². The largest absolute Gasteiger partial charge is 0.477 e. The molecule has 1 aromatic heterocycles. The Morgan fingerprint density at radius 2 is 2.28 bits per heavy atom. The molecule has 6 nitrogen and oxygen atoms in total. The van der Waals surface area contributed by atoms with E-state index < -0.39 is 4.92 Å². The Bertz CT molecular complexity index is 438. The predicted octanol–water partition coefficient (Wildman–Crippen LogP) is 3.15. The van der Waals surface area contributed by atoms with Crippen LogP contribution in [-0.4, -0.2) is 16.5 Å². The molecule has 0 radical (unpaired) electrons. The number of pyridine rings is 1. The second-order valence-corrected chi connectivity index (χ2v) is 5.18. The van der Waals surface area contributed by atoms with Crippen LogP contribution in [0.1, 0.15) is 26.7 Å². The topological polar surface area (TPSA) is 91.3 Å². The van der Waals surface area contributed by atoms with E-state index in [2.05, 4.69) is 34.8 Å². The molecular weight excluding hydrogens is 302 g/mol. The van der Waals surface area contributed by atoms with Gasteiger partial charge in [-0.2, -0.15) is 4.98 Å². The molecule has 0 atom stereocenters. The van der Waals surface area contributed by atoms with E-state index >= 15 is 0 Å². The highest BCUT2D eigenvalue weighted by Crippen LogP contribution is 2.31. The fraction of sp³-hybridized carbons (Fsp3) is 0.545. The molecule has 0 aliphatic heterocycles. The number of hydrogen-bond donors (Lipinski definition) is 1. The predicted molar refractivity (Wildman–Crippen MR) is 72.6 cm³/mol. The highest BCUT2D eigenvalue weighted by Gasteiger charge is 2.17. The monoisotopic (exact) mass is 317 g/mol. The van der Waals surface area contributed by atoms with Gasteiger partial charge in [0, 0.05) is 6.07 Å². The van der Waals surface area contributed by atoms with Crippen molar-refractivity contribution in [3.05, 3.63) is 20.7 Å². The fourth-order valence-corrected chi connectivity index (χ4v) is 1.80. The number of aromatic nitrogens is 1. The molecule has 0 amide bonds. The molecule has 0 spiro atoms. The van der Waals surface area contributed by atoms with Crippen LogP contribution in [0, 0.1) is 16.0 Å². The summed E-state index contributed by atoms with van der Waals surface area (Å²) < 4.78 is 5.88. The molecule has 0 aliphatic rings. The van der Waals surface area contributed by atoms with Gasteiger partial charge < -0.3 is 10.5 Å². The molecule has 0 saturated carbocycles. The average molecular weight is 318 g/mol. The summed E-state index contributed by atoms with van der Waals surface area (Å²) in [6, 6.07) is 1.31. The van der Waals surface area contributed by atoms with Crippen molar-refractivity contribution in [3.63, 3.8) is 0 Å². The van der Waals surface area contributed by atoms with E-state index in [1.807, 2.05) is 0 Å². The molecule has 0 aromatic carbocycles. The van der Waals surface area contributed by atoms with Crippen LogP contribution in [0.2, 0.25) is 0 Å². The number of rotatable bonds is 6. The van der Waals surface area contributed by atoms with Crippen molar-refractivity contribution in [2.24, 2.45) is 5.92 Å². The molecular formula is C11H16BrN3O3. The average Bonchev–Trinajstić information content (AvgIpc) is 2.27. The Balaban J connectivity index is 2.67. The first-order valence-corrected chi connectivity index (χ1v) is 6.44. The lowest BCUT2D eigenvalue weighted by molar-refractivity contribution is -0.384. The maximum Gasteiger partial charge on any atom is 0.312 e. The van der Waals surface area contributed by atoms with Crippen LogP contribution in [0.3, 0.4) is 0 Å². The van der Waals surface area contributed by atoms with Crippen molar-refractivity contribution < 1.29 is 9.66 Å². The van der Waals surface area contributed by atoms with E-state index in [-0.39, 0.29) is 11.5 Å². The van der Waals surface area contributed by atoms with Gasteiger partial charge >= 0.3 is 5.69 Å². The molecule has 0 fully saturated rings. The lowest BCUT2D eigenvalue weighted by Crippen LogP contribution is -2.05. The summed E-state index contributed by atoms with van der Waals surface area (Å²) >= 11 is 3.18. The number of ether oxygens (including phenoxy) is 1. The van der Waals surface area contributed by atoms with Crippen molar-refractivity contribution in [1.82, 2.24) is 4.98 Å². The number of hydrogen-bond acceptors (Lipinski definition) is 5. The minimum atomic E-state index is -0.574. The first-order valence-electron chi connectivity index (χ1n) is 5.65. The summed E-state index contributed by atoms with van der Waals surface area (Å²) in [5, 5.41) is 10.6. The highest BCUT2D eigenvalue weighted by molar-refractivity contribution is 9.10. The maximum absolute atomic E-state index is 10.6. The molecule has 100 valence electrons. The molecule has 1 aromatic rings. The Morgan fingerprint density at radius 1 is 1.61 bits per heavy atom. The summed E-state index contributed by atoms with van der Waals surface area (Å²) in [6.45, 7) is 4.79. The smallest absolute Gasteiger partial charge is 0.312 e. The molecule has 0 bridgehead atoms. The fourth-order valence-electron chi connectivity index (χ4n) is 1.38. The van der Waals surface area contributed by atoms with Gasteiger partial charge in [-0.25, -0.2) is 0 Å². The summed E-state index contributed by atoms with van der Waals surface area (Å²) in [6.07, 6.45) is 1.96. The van der Waals surface area contributed by atoms with E-state index in [0.29, 0.717) is 22.9 Å². The second-order valence-electron chi connectivity index (χ2n) is 4.32. The molecule has 7 heteroatoms. The third kappa shape index (κ3) is 4.14. The van der Waals surface area contributed by atoms with Crippen LogP contribution >= 0.6 is 15.9 Å². The van der Waals surface area contributed by atoms with Crippen LogP contribution in [-0.2, 0) is 0 Å². The number of halogens is 1. The van der Waals surface area contributed by atoms with Gasteiger partial charge in [0.25, 0.3) is 0 Å². The minimum absolute atomic E-state index is 0.137. The van der Waals surface area contributed by atoms with Crippen LogP contribution in [0.25, 0.3) is 0 Å². The summed E-state index contributed by atoms with van der Waals surface area (Å²) in [7, 11) is 0. The molecule has 1 rings (SSSR count). The van der Waals surface area contributed by atoms with Gasteiger partial charge in [-0.3, -0.25) is 10.1 Å². The van der Waals surface area contributed by atoms with Gasteiger partial charge in [0.2, 0.25) is 11.7 Å². The van der Waals surface area contributed by atoms with Gasteiger partial charge in [-0.1, -0.05) is 13.8 Å². The molecule has 0 aliphatic carbocycles. The van der Waals surface area contributed by atoms with Crippen molar-refractivity contribution in [1.29, 1.82) is 0 Å². The van der Waals surface area contributed by atoms with E-state index in [9.17, 15) is 10.1 Å². The maximum atomic E-state index is 10.6. The van der Waals surface area contributed by atoms with Crippen LogP contribution < -0.4 is 10.5 Å². The number of anilines is 1.